The summed E-state index contributed by atoms with van der Waals surface area (Å²) in [5.41, 5.74) is 1.81. The first kappa shape index (κ1) is 19.4. The predicted molar refractivity (Wildman–Crippen MR) is 103 cm³/mol. The van der Waals surface area contributed by atoms with E-state index < -0.39 is 11.9 Å². The maximum atomic E-state index is 12.0. The van der Waals surface area contributed by atoms with Crippen molar-refractivity contribution in [2.75, 3.05) is 19.0 Å². The number of rotatable bonds is 6. The van der Waals surface area contributed by atoms with Gasteiger partial charge in [0.05, 0.1) is 7.11 Å². The van der Waals surface area contributed by atoms with Crippen LogP contribution in [-0.4, -0.2) is 31.4 Å². The zero-order valence-corrected chi connectivity index (χ0v) is 15.6. The Bertz CT molecular complexity index is 832. The molecular formula is C19H17BrN2O4. The van der Waals surface area contributed by atoms with Crippen LogP contribution in [-0.2, 0) is 14.3 Å². The van der Waals surface area contributed by atoms with Crippen molar-refractivity contribution in [2.45, 2.75) is 0 Å². The molecule has 0 aliphatic carbocycles. The number of amides is 2. The number of carbonyl (C=O) groups is 3. The molecule has 2 aromatic carbocycles. The number of benzene rings is 2. The minimum atomic E-state index is -0.529. The van der Waals surface area contributed by atoms with Crippen LogP contribution in [0.15, 0.2) is 59.1 Å². The van der Waals surface area contributed by atoms with E-state index in [0.29, 0.717) is 11.3 Å². The minimum Gasteiger partial charge on any atom is -0.468 e. The molecule has 0 unspecified atom stereocenters. The Morgan fingerprint density at radius 1 is 1.08 bits per heavy atom. The van der Waals surface area contributed by atoms with Crippen LogP contribution in [0.5, 0.6) is 0 Å². The van der Waals surface area contributed by atoms with Gasteiger partial charge in [0.1, 0.15) is 6.54 Å². The molecule has 26 heavy (non-hydrogen) atoms. The fourth-order valence-corrected chi connectivity index (χ4v) is 2.41. The van der Waals surface area contributed by atoms with Gasteiger partial charge in [-0.3, -0.25) is 14.4 Å². The first-order valence-corrected chi connectivity index (χ1v) is 8.47. The number of anilines is 1. The zero-order chi connectivity index (χ0) is 18.9. The smallest absolute Gasteiger partial charge is 0.325 e. The third-order valence-corrected chi connectivity index (χ3v) is 4.08. The highest BCUT2D eigenvalue weighted by molar-refractivity contribution is 9.10. The van der Waals surface area contributed by atoms with Crippen LogP contribution in [0.3, 0.4) is 0 Å². The van der Waals surface area contributed by atoms with Crippen molar-refractivity contribution in [3.63, 3.8) is 0 Å². The van der Waals surface area contributed by atoms with Gasteiger partial charge in [0.25, 0.3) is 5.91 Å². The van der Waals surface area contributed by atoms with Crippen molar-refractivity contribution in [3.05, 3.63) is 70.2 Å². The molecule has 2 aromatic rings. The molecule has 0 atom stereocenters. The Kier molecular flexibility index (Phi) is 7.11. The first-order chi connectivity index (χ1) is 12.5. The van der Waals surface area contributed by atoms with E-state index in [-0.39, 0.29) is 12.5 Å². The maximum Gasteiger partial charge on any atom is 0.325 e. The topological polar surface area (TPSA) is 84.5 Å². The second kappa shape index (κ2) is 9.53. The summed E-state index contributed by atoms with van der Waals surface area (Å²) in [4.78, 5) is 34.9. The van der Waals surface area contributed by atoms with Gasteiger partial charge in [0, 0.05) is 21.8 Å². The van der Waals surface area contributed by atoms with E-state index in [2.05, 4.69) is 31.3 Å². The highest BCUT2D eigenvalue weighted by Crippen LogP contribution is 2.17. The summed E-state index contributed by atoms with van der Waals surface area (Å²) < 4.78 is 5.35. The summed E-state index contributed by atoms with van der Waals surface area (Å²) in [5.74, 6) is -1.22. The van der Waals surface area contributed by atoms with Gasteiger partial charge in [0.15, 0.2) is 0 Å². The molecule has 0 saturated heterocycles. The number of ether oxygens (including phenoxy) is 1. The van der Waals surface area contributed by atoms with Gasteiger partial charge >= 0.3 is 5.97 Å². The van der Waals surface area contributed by atoms with Crippen LogP contribution in [0.4, 0.5) is 5.69 Å². The molecule has 0 aromatic heterocycles. The average molecular weight is 417 g/mol. The Morgan fingerprint density at radius 2 is 1.77 bits per heavy atom. The van der Waals surface area contributed by atoms with Crippen molar-refractivity contribution in [2.24, 2.45) is 0 Å². The number of carbonyl (C=O) groups excluding carboxylic acids is 3. The molecule has 0 heterocycles. The van der Waals surface area contributed by atoms with E-state index in [1.54, 1.807) is 30.3 Å². The van der Waals surface area contributed by atoms with Gasteiger partial charge in [0.2, 0.25) is 5.91 Å². The highest BCUT2D eigenvalue weighted by atomic mass is 79.9. The van der Waals surface area contributed by atoms with E-state index >= 15 is 0 Å². The van der Waals surface area contributed by atoms with E-state index in [4.69, 9.17) is 0 Å². The van der Waals surface area contributed by atoms with Crippen LogP contribution >= 0.6 is 15.9 Å². The summed E-state index contributed by atoms with van der Waals surface area (Å²) in [7, 11) is 1.25. The predicted octanol–water partition coefficient (Wildman–Crippen LogP) is 3.00. The van der Waals surface area contributed by atoms with Gasteiger partial charge in [-0.25, -0.2) is 0 Å². The van der Waals surface area contributed by atoms with Crippen molar-refractivity contribution in [1.82, 2.24) is 5.32 Å². The average Bonchev–Trinajstić information content (AvgIpc) is 2.65. The molecule has 2 amide bonds. The summed E-state index contributed by atoms with van der Waals surface area (Å²) in [6.45, 7) is -0.201. The van der Waals surface area contributed by atoms with Crippen LogP contribution in [0.25, 0.3) is 6.08 Å². The minimum absolute atomic E-state index is 0.201. The van der Waals surface area contributed by atoms with Gasteiger partial charge in [-0.05, 0) is 42.0 Å². The zero-order valence-electron chi connectivity index (χ0n) is 14.0. The second-order valence-electron chi connectivity index (χ2n) is 5.18. The molecule has 0 aliphatic heterocycles. The molecule has 0 radical (unpaired) electrons. The van der Waals surface area contributed by atoms with Gasteiger partial charge in [-0.15, -0.1) is 0 Å². The SMILES string of the molecule is COC(=O)CNC(=O)c1ccc(NC(=O)/C=C/c2ccccc2Br)cc1. The van der Waals surface area contributed by atoms with Gasteiger partial charge in [-0.1, -0.05) is 34.1 Å². The van der Waals surface area contributed by atoms with E-state index in [9.17, 15) is 14.4 Å². The van der Waals surface area contributed by atoms with Crippen molar-refractivity contribution < 1.29 is 19.1 Å². The van der Waals surface area contributed by atoms with Crippen LogP contribution in [0.1, 0.15) is 15.9 Å². The summed E-state index contributed by atoms with van der Waals surface area (Å²) in [5, 5.41) is 5.15. The molecule has 134 valence electrons. The monoisotopic (exact) mass is 416 g/mol. The normalized spacial score (nSPS) is 10.4. The lowest BCUT2D eigenvalue weighted by atomic mass is 10.2. The third-order valence-electron chi connectivity index (χ3n) is 3.36. The quantitative estimate of drug-likeness (QED) is 0.559. The van der Waals surface area contributed by atoms with Crippen LogP contribution in [0, 0.1) is 0 Å². The van der Waals surface area contributed by atoms with Gasteiger partial charge in [-0.2, -0.15) is 0 Å². The van der Waals surface area contributed by atoms with Gasteiger partial charge < -0.3 is 15.4 Å². The van der Waals surface area contributed by atoms with Crippen LogP contribution < -0.4 is 10.6 Å². The Balaban J connectivity index is 1.92. The maximum absolute atomic E-state index is 12.0. The summed E-state index contributed by atoms with van der Waals surface area (Å²) in [6.07, 6.45) is 3.13. The Morgan fingerprint density at radius 3 is 2.42 bits per heavy atom. The van der Waals surface area contributed by atoms with E-state index in [1.165, 1.54) is 13.2 Å². The van der Waals surface area contributed by atoms with Crippen LogP contribution in [0.2, 0.25) is 0 Å². The number of hydrogen-bond acceptors (Lipinski definition) is 4. The lowest BCUT2D eigenvalue weighted by Crippen LogP contribution is -2.30. The molecule has 2 rings (SSSR count). The lowest BCUT2D eigenvalue weighted by Gasteiger charge is -2.06. The molecule has 0 saturated carbocycles. The molecule has 2 N–H and O–H groups in total. The summed E-state index contributed by atoms with van der Waals surface area (Å²) in [6, 6.07) is 13.9. The van der Waals surface area contributed by atoms with Crippen molar-refractivity contribution in [3.8, 4) is 0 Å². The fraction of sp³-hybridized carbons (Fsp3) is 0.105. The number of methoxy groups -OCH3 is 1. The molecule has 0 aliphatic rings. The molecule has 6 nitrogen and oxygen atoms in total. The lowest BCUT2D eigenvalue weighted by molar-refractivity contribution is -0.139. The highest BCUT2D eigenvalue weighted by Gasteiger charge is 2.08. The Hall–Kier alpha value is -2.93. The van der Waals surface area contributed by atoms with Crippen molar-refractivity contribution in [1.29, 1.82) is 0 Å². The molecule has 0 spiro atoms. The number of hydrogen-bond donors (Lipinski definition) is 2. The molecule has 0 fully saturated rings. The largest absolute Gasteiger partial charge is 0.468 e. The van der Waals surface area contributed by atoms with Crippen molar-refractivity contribution >= 4 is 45.5 Å². The van der Waals surface area contributed by atoms with E-state index in [1.807, 2.05) is 24.3 Å². The number of nitrogens with one attached hydrogen (secondary N) is 2. The van der Waals surface area contributed by atoms with E-state index in [0.717, 1.165) is 10.0 Å². The standard InChI is InChI=1S/C19H17BrN2O4/c1-26-18(24)12-21-19(25)14-6-9-15(10-7-14)22-17(23)11-8-13-4-2-3-5-16(13)20/h2-11H,12H2,1H3,(H,21,25)(H,22,23)/b11-8+. The number of esters is 1. The third kappa shape index (κ3) is 5.86. The molecular weight excluding hydrogens is 400 g/mol. The fourth-order valence-electron chi connectivity index (χ4n) is 1.99. The molecule has 7 heteroatoms. The first-order valence-electron chi connectivity index (χ1n) is 7.68. The Labute approximate surface area is 159 Å². The number of halogens is 1. The second-order valence-corrected chi connectivity index (χ2v) is 6.03. The molecule has 0 bridgehead atoms. The summed E-state index contributed by atoms with van der Waals surface area (Å²) >= 11 is 3.41.